The van der Waals surface area contributed by atoms with Gasteiger partial charge in [-0.25, -0.2) is 4.99 Å². The minimum atomic E-state index is 0.306. The van der Waals surface area contributed by atoms with Crippen LogP contribution in [0.4, 0.5) is 0 Å². The molecule has 0 saturated heterocycles. The minimum Gasteiger partial charge on any atom is -0.385 e. The number of guanidine groups is 1. The van der Waals surface area contributed by atoms with Crippen molar-refractivity contribution in [1.82, 2.24) is 20.8 Å². The van der Waals surface area contributed by atoms with Crippen molar-refractivity contribution in [2.75, 3.05) is 26.8 Å². The van der Waals surface area contributed by atoms with Crippen LogP contribution in [0.3, 0.4) is 0 Å². The molecule has 2 aromatic rings. The van der Waals surface area contributed by atoms with Gasteiger partial charge < -0.3 is 19.9 Å². The fraction of sp³-hybridized carbons (Fsp3) is 0.438. The highest BCUT2D eigenvalue weighted by Gasteiger charge is 2.08. The number of hydrogen-bond donors (Lipinski definition) is 2. The molecule has 0 aliphatic heterocycles. The number of benzene rings is 1. The molecule has 0 spiro atoms. The van der Waals surface area contributed by atoms with Crippen molar-refractivity contribution in [2.45, 2.75) is 19.9 Å². The Morgan fingerprint density at radius 3 is 2.79 bits per heavy atom. The quantitative estimate of drug-likeness (QED) is 0.432. The van der Waals surface area contributed by atoms with Gasteiger partial charge in [0.05, 0.1) is 0 Å². The summed E-state index contributed by atoms with van der Waals surface area (Å²) >= 11 is 5.88. The third-order valence-electron chi connectivity index (χ3n) is 3.10. The molecule has 2 rings (SSSR count). The van der Waals surface area contributed by atoms with Gasteiger partial charge in [-0.3, -0.25) is 0 Å². The molecule has 0 saturated carbocycles. The first-order chi connectivity index (χ1) is 11.7. The van der Waals surface area contributed by atoms with Gasteiger partial charge in [-0.15, -0.1) is 0 Å². The van der Waals surface area contributed by atoms with E-state index in [1.807, 2.05) is 19.1 Å². The molecule has 1 aromatic carbocycles. The Morgan fingerprint density at radius 1 is 1.29 bits per heavy atom. The first-order valence-electron chi connectivity index (χ1n) is 7.82. The zero-order chi connectivity index (χ0) is 17.2. The molecule has 0 bridgehead atoms. The van der Waals surface area contributed by atoms with Crippen LogP contribution < -0.4 is 10.6 Å². The lowest BCUT2D eigenvalue weighted by molar-refractivity contribution is 0.195. The molecule has 0 aliphatic rings. The molecule has 0 aliphatic carbocycles. The van der Waals surface area contributed by atoms with Gasteiger partial charge in [0.2, 0.25) is 11.7 Å². The largest absolute Gasteiger partial charge is 0.385 e. The van der Waals surface area contributed by atoms with E-state index in [1.54, 1.807) is 19.2 Å². The number of methoxy groups -OCH3 is 1. The molecule has 7 nitrogen and oxygen atoms in total. The van der Waals surface area contributed by atoms with E-state index in [0.29, 0.717) is 35.8 Å². The van der Waals surface area contributed by atoms with Gasteiger partial charge in [-0.05, 0) is 37.6 Å². The Balaban J connectivity index is 1.94. The van der Waals surface area contributed by atoms with Crippen LogP contribution in [0.1, 0.15) is 19.2 Å². The molecule has 0 amide bonds. The number of hydrogen-bond acceptors (Lipinski definition) is 5. The Bertz CT molecular complexity index is 642. The molecule has 1 aromatic heterocycles. The summed E-state index contributed by atoms with van der Waals surface area (Å²) in [5.74, 6) is 1.68. The molecule has 8 heteroatoms. The van der Waals surface area contributed by atoms with Gasteiger partial charge in [-0.2, -0.15) is 4.98 Å². The van der Waals surface area contributed by atoms with Crippen molar-refractivity contribution in [2.24, 2.45) is 4.99 Å². The number of nitrogens with one attached hydrogen (secondary N) is 2. The third kappa shape index (κ3) is 5.82. The minimum absolute atomic E-state index is 0.306. The van der Waals surface area contributed by atoms with Crippen LogP contribution in [-0.4, -0.2) is 42.9 Å². The van der Waals surface area contributed by atoms with E-state index in [2.05, 4.69) is 25.8 Å². The normalized spacial score (nSPS) is 11.5. The number of aliphatic imine (C=N–C) groups is 1. The molecule has 0 unspecified atom stereocenters. The smallest absolute Gasteiger partial charge is 0.248 e. The van der Waals surface area contributed by atoms with E-state index in [-0.39, 0.29) is 0 Å². The maximum atomic E-state index is 5.88. The maximum absolute atomic E-state index is 5.88. The molecule has 1 heterocycles. The topological polar surface area (TPSA) is 84.6 Å². The van der Waals surface area contributed by atoms with E-state index < -0.39 is 0 Å². The van der Waals surface area contributed by atoms with Crippen molar-refractivity contribution in [3.63, 3.8) is 0 Å². The molecular formula is C16H22ClN5O2. The third-order valence-corrected chi connectivity index (χ3v) is 3.36. The van der Waals surface area contributed by atoms with Gasteiger partial charge in [0, 0.05) is 37.4 Å². The Kier molecular flexibility index (Phi) is 7.51. The summed E-state index contributed by atoms with van der Waals surface area (Å²) in [6.07, 6.45) is 0.905. The van der Waals surface area contributed by atoms with E-state index in [4.69, 9.17) is 20.9 Å². The zero-order valence-corrected chi connectivity index (χ0v) is 14.6. The fourth-order valence-electron chi connectivity index (χ4n) is 1.95. The van der Waals surface area contributed by atoms with Crippen LogP contribution in [0.25, 0.3) is 11.4 Å². The van der Waals surface area contributed by atoms with E-state index in [9.17, 15) is 0 Å². The SMILES string of the molecule is CCNC(=NCc1nc(-c2ccc(Cl)cc2)no1)NCCCOC. The second-order valence-corrected chi connectivity index (χ2v) is 5.42. The zero-order valence-electron chi connectivity index (χ0n) is 13.9. The number of halogens is 1. The summed E-state index contributed by atoms with van der Waals surface area (Å²) in [4.78, 5) is 8.79. The van der Waals surface area contributed by atoms with Gasteiger partial charge in [-0.1, -0.05) is 16.8 Å². The van der Waals surface area contributed by atoms with Crippen LogP contribution in [0.5, 0.6) is 0 Å². The van der Waals surface area contributed by atoms with Gasteiger partial charge in [0.25, 0.3) is 0 Å². The molecule has 24 heavy (non-hydrogen) atoms. The Morgan fingerprint density at radius 2 is 2.08 bits per heavy atom. The number of nitrogens with zero attached hydrogens (tertiary/aromatic N) is 3. The number of aromatic nitrogens is 2. The summed E-state index contributed by atoms with van der Waals surface area (Å²) in [7, 11) is 1.69. The predicted octanol–water partition coefficient (Wildman–Crippen LogP) is 2.48. The summed E-state index contributed by atoms with van der Waals surface area (Å²) < 4.78 is 10.3. The summed E-state index contributed by atoms with van der Waals surface area (Å²) in [6.45, 7) is 4.58. The maximum Gasteiger partial charge on any atom is 0.248 e. The Labute approximate surface area is 146 Å². The molecule has 0 radical (unpaired) electrons. The Hall–Kier alpha value is -2.12. The van der Waals surface area contributed by atoms with Gasteiger partial charge in [0.15, 0.2) is 5.96 Å². The first-order valence-corrected chi connectivity index (χ1v) is 8.20. The monoisotopic (exact) mass is 351 g/mol. The number of rotatable bonds is 8. The van der Waals surface area contributed by atoms with Crippen LogP contribution in [0, 0.1) is 0 Å². The number of ether oxygens (including phenoxy) is 1. The predicted molar refractivity (Wildman–Crippen MR) is 94.1 cm³/mol. The van der Waals surface area contributed by atoms with E-state index >= 15 is 0 Å². The van der Waals surface area contributed by atoms with E-state index in [0.717, 1.165) is 25.1 Å². The average molecular weight is 352 g/mol. The molecule has 2 N–H and O–H groups in total. The van der Waals surface area contributed by atoms with Crippen molar-refractivity contribution in [3.8, 4) is 11.4 Å². The molecule has 0 atom stereocenters. The summed E-state index contributed by atoms with van der Waals surface area (Å²) in [6, 6.07) is 7.28. The van der Waals surface area contributed by atoms with Crippen molar-refractivity contribution in [3.05, 3.63) is 35.2 Å². The average Bonchev–Trinajstić information content (AvgIpc) is 3.06. The van der Waals surface area contributed by atoms with Crippen molar-refractivity contribution >= 4 is 17.6 Å². The lowest BCUT2D eigenvalue weighted by atomic mass is 10.2. The van der Waals surface area contributed by atoms with Crippen LogP contribution in [0.2, 0.25) is 5.02 Å². The lowest BCUT2D eigenvalue weighted by Gasteiger charge is -2.10. The second kappa shape index (κ2) is 9.89. The molecule has 0 fully saturated rings. The summed E-state index contributed by atoms with van der Waals surface area (Å²) in [5.41, 5.74) is 0.850. The highest BCUT2D eigenvalue weighted by atomic mass is 35.5. The first kappa shape index (κ1) is 18.2. The second-order valence-electron chi connectivity index (χ2n) is 4.99. The standard InChI is InChI=1S/C16H22ClN5O2/c1-3-18-16(19-9-4-10-23-2)20-11-14-21-15(22-24-14)12-5-7-13(17)8-6-12/h5-8H,3-4,9-11H2,1-2H3,(H2,18,19,20). The fourth-order valence-corrected chi connectivity index (χ4v) is 2.07. The van der Waals surface area contributed by atoms with E-state index in [1.165, 1.54) is 0 Å². The van der Waals surface area contributed by atoms with Crippen LogP contribution >= 0.6 is 11.6 Å². The van der Waals surface area contributed by atoms with Crippen LogP contribution in [0.15, 0.2) is 33.8 Å². The van der Waals surface area contributed by atoms with Crippen LogP contribution in [-0.2, 0) is 11.3 Å². The van der Waals surface area contributed by atoms with Crippen molar-refractivity contribution < 1.29 is 9.26 Å². The molecule has 130 valence electrons. The molecular weight excluding hydrogens is 330 g/mol. The highest BCUT2D eigenvalue weighted by molar-refractivity contribution is 6.30. The van der Waals surface area contributed by atoms with Gasteiger partial charge >= 0.3 is 0 Å². The lowest BCUT2D eigenvalue weighted by Crippen LogP contribution is -2.38. The van der Waals surface area contributed by atoms with Crippen molar-refractivity contribution in [1.29, 1.82) is 0 Å². The van der Waals surface area contributed by atoms with Gasteiger partial charge in [0.1, 0.15) is 6.54 Å². The summed E-state index contributed by atoms with van der Waals surface area (Å²) in [5, 5.41) is 11.0. The highest BCUT2D eigenvalue weighted by Crippen LogP contribution is 2.18.